The first-order valence-corrected chi connectivity index (χ1v) is 5.67. The molecule has 2 rings (SSSR count). The highest BCUT2D eigenvalue weighted by molar-refractivity contribution is 5.98. The molecule has 0 saturated heterocycles. The Balaban J connectivity index is 2.82. The lowest BCUT2D eigenvalue weighted by molar-refractivity contribution is 0.0515. The molecule has 0 aliphatic carbocycles. The molecule has 0 aliphatic rings. The SMILES string of the molecule is CCOC(=O)c1c(C)c2c(=O)n(C)ncc2n1C. The van der Waals surface area contributed by atoms with Gasteiger partial charge in [0, 0.05) is 14.1 Å². The summed E-state index contributed by atoms with van der Waals surface area (Å²) in [6.45, 7) is 3.79. The smallest absolute Gasteiger partial charge is 0.355 e. The number of aryl methyl sites for hydroxylation is 3. The maximum Gasteiger partial charge on any atom is 0.355 e. The molecule has 96 valence electrons. The summed E-state index contributed by atoms with van der Waals surface area (Å²) < 4.78 is 7.90. The highest BCUT2D eigenvalue weighted by Gasteiger charge is 2.21. The molecule has 6 heteroatoms. The van der Waals surface area contributed by atoms with Crippen molar-refractivity contribution in [3.8, 4) is 0 Å². The minimum Gasteiger partial charge on any atom is -0.461 e. The van der Waals surface area contributed by atoms with Gasteiger partial charge in [-0.3, -0.25) is 4.79 Å². The van der Waals surface area contributed by atoms with Crippen LogP contribution in [0.1, 0.15) is 23.0 Å². The van der Waals surface area contributed by atoms with Crippen molar-refractivity contribution in [2.24, 2.45) is 14.1 Å². The number of carbonyl (C=O) groups excluding carboxylic acids is 1. The quantitative estimate of drug-likeness (QED) is 0.737. The van der Waals surface area contributed by atoms with Crippen molar-refractivity contribution >= 4 is 16.9 Å². The van der Waals surface area contributed by atoms with Crippen LogP contribution in [0.2, 0.25) is 0 Å². The van der Waals surface area contributed by atoms with E-state index in [1.165, 1.54) is 4.68 Å². The minimum absolute atomic E-state index is 0.212. The first kappa shape index (κ1) is 12.3. The normalized spacial score (nSPS) is 10.9. The van der Waals surface area contributed by atoms with Crippen LogP contribution in [0, 0.1) is 6.92 Å². The Hall–Kier alpha value is -2.11. The van der Waals surface area contributed by atoms with Crippen LogP contribution in [0.15, 0.2) is 11.0 Å². The Labute approximate surface area is 104 Å². The Morgan fingerprint density at radius 3 is 2.72 bits per heavy atom. The van der Waals surface area contributed by atoms with Gasteiger partial charge in [-0.05, 0) is 19.4 Å². The first-order chi connectivity index (χ1) is 8.49. The summed E-state index contributed by atoms with van der Waals surface area (Å²) in [6, 6.07) is 0. The van der Waals surface area contributed by atoms with E-state index < -0.39 is 5.97 Å². The highest BCUT2D eigenvalue weighted by Crippen LogP contribution is 2.21. The fraction of sp³-hybridized carbons (Fsp3) is 0.417. The zero-order valence-electron chi connectivity index (χ0n) is 10.9. The van der Waals surface area contributed by atoms with Gasteiger partial charge in [0.2, 0.25) is 0 Å². The van der Waals surface area contributed by atoms with Crippen molar-refractivity contribution in [2.75, 3.05) is 6.61 Å². The molecule has 0 bridgehead atoms. The van der Waals surface area contributed by atoms with Crippen molar-refractivity contribution in [2.45, 2.75) is 13.8 Å². The lowest BCUT2D eigenvalue weighted by atomic mass is 10.2. The summed E-state index contributed by atoms with van der Waals surface area (Å²) in [5.74, 6) is -0.421. The van der Waals surface area contributed by atoms with Gasteiger partial charge < -0.3 is 9.30 Å². The van der Waals surface area contributed by atoms with Gasteiger partial charge >= 0.3 is 5.97 Å². The van der Waals surface area contributed by atoms with Crippen molar-refractivity contribution in [1.82, 2.24) is 14.3 Å². The summed E-state index contributed by atoms with van der Waals surface area (Å²) in [4.78, 5) is 23.9. The third-order valence-electron chi connectivity index (χ3n) is 3.01. The van der Waals surface area contributed by atoms with E-state index in [1.54, 1.807) is 38.7 Å². The summed E-state index contributed by atoms with van der Waals surface area (Å²) in [5.41, 5.74) is 1.46. The van der Waals surface area contributed by atoms with E-state index in [0.717, 1.165) is 0 Å². The summed E-state index contributed by atoms with van der Waals surface area (Å²) >= 11 is 0. The predicted molar refractivity (Wildman–Crippen MR) is 66.6 cm³/mol. The molecule has 0 saturated carbocycles. The maximum atomic E-state index is 12.0. The molecule has 0 N–H and O–H groups in total. The molecule has 0 aliphatic heterocycles. The van der Waals surface area contributed by atoms with Crippen molar-refractivity contribution in [1.29, 1.82) is 0 Å². The van der Waals surface area contributed by atoms with Crippen LogP contribution in [0.3, 0.4) is 0 Å². The molecule has 2 aromatic rings. The third kappa shape index (κ3) is 1.61. The Morgan fingerprint density at radius 2 is 2.11 bits per heavy atom. The molecule has 0 radical (unpaired) electrons. The second kappa shape index (κ2) is 4.29. The van der Waals surface area contributed by atoms with Crippen LogP contribution in [0.5, 0.6) is 0 Å². The number of rotatable bonds is 2. The Bertz CT molecular complexity index is 682. The Morgan fingerprint density at radius 1 is 1.44 bits per heavy atom. The molecule has 0 amide bonds. The van der Waals surface area contributed by atoms with Crippen LogP contribution in [-0.4, -0.2) is 26.9 Å². The zero-order valence-corrected chi connectivity index (χ0v) is 10.9. The molecule has 2 heterocycles. The standard InChI is InChI=1S/C12H15N3O3/c1-5-18-12(17)10-7(2)9-8(14(10)3)6-13-15(4)11(9)16/h6H,5H2,1-4H3. The van der Waals surface area contributed by atoms with Gasteiger partial charge in [0.15, 0.2) is 0 Å². The number of nitrogens with zero attached hydrogens (tertiary/aromatic N) is 3. The van der Waals surface area contributed by atoms with Gasteiger partial charge in [0.05, 0.1) is 23.7 Å². The second-order valence-electron chi connectivity index (χ2n) is 4.09. The van der Waals surface area contributed by atoms with Crippen molar-refractivity contribution in [3.63, 3.8) is 0 Å². The minimum atomic E-state index is -0.421. The molecule has 0 aromatic carbocycles. The zero-order chi connectivity index (χ0) is 13.4. The molecule has 18 heavy (non-hydrogen) atoms. The van der Waals surface area contributed by atoms with Crippen LogP contribution >= 0.6 is 0 Å². The first-order valence-electron chi connectivity index (χ1n) is 5.67. The fourth-order valence-electron chi connectivity index (χ4n) is 2.12. The molecular weight excluding hydrogens is 234 g/mol. The molecule has 0 fully saturated rings. The third-order valence-corrected chi connectivity index (χ3v) is 3.01. The topological polar surface area (TPSA) is 66.1 Å². The van der Waals surface area contributed by atoms with E-state index in [4.69, 9.17) is 4.74 Å². The number of esters is 1. The van der Waals surface area contributed by atoms with Gasteiger partial charge in [0.25, 0.3) is 5.56 Å². The Kier molecular flexibility index (Phi) is 2.94. The van der Waals surface area contributed by atoms with Gasteiger partial charge in [-0.25, -0.2) is 9.48 Å². The maximum absolute atomic E-state index is 12.0. The fourth-order valence-corrected chi connectivity index (χ4v) is 2.12. The van der Waals surface area contributed by atoms with Gasteiger partial charge in [-0.2, -0.15) is 5.10 Å². The van der Waals surface area contributed by atoms with E-state index in [2.05, 4.69) is 5.10 Å². The average molecular weight is 249 g/mol. The largest absolute Gasteiger partial charge is 0.461 e. The summed E-state index contributed by atoms with van der Waals surface area (Å²) in [6.07, 6.45) is 1.58. The summed E-state index contributed by atoms with van der Waals surface area (Å²) in [7, 11) is 3.31. The van der Waals surface area contributed by atoms with Crippen molar-refractivity contribution in [3.05, 3.63) is 27.8 Å². The van der Waals surface area contributed by atoms with Gasteiger partial charge in [-0.15, -0.1) is 0 Å². The molecule has 2 aromatic heterocycles. The van der Waals surface area contributed by atoms with Crippen LogP contribution < -0.4 is 5.56 Å². The summed E-state index contributed by atoms with van der Waals surface area (Å²) in [5, 5.41) is 4.47. The number of fused-ring (bicyclic) bond motifs is 1. The second-order valence-corrected chi connectivity index (χ2v) is 4.09. The van der Waals surface area contributed by atoms with E-state index in [-0.39, 0.29) is 5.56 Å². The number of hydrogen-bond acceptors (Lipinski definition) is 4. The monoisotopic (exact) mass is 249 g/mol. The molecule has 0 spiro atoms. The van der Waals surface area contributed by atoms with E-state index >= 15 is 0 Å². The van der Waals surface area contributed by atoms with Gasteiger partial charge in [-0.1, -0.05) is 0 Å². The lowest BCUT2D eigenvalue weighted by Gasteiger charge is -2.04. The molecule has 0 atom stereocenters. The average Bonchev–Trinajstić information content (AvgIpc) is 2.57. The number of hydrogen-bond donors (Lipinski definition) is 0. The highest BCUT2D eigenvalue weighted by atomic mass is 16.5. The molecule has 0 unspecified atom stereocenters. The lowest BCUT2D eigenvalue weighted by Crippen LogP contribution is -2.19. The van der Waals surface area contributed by atoms with E-state index in [1.807, 2.05) is 0 Å². The van der Waals surface area contributed by atoms with Crippen molar-refractivity contribution < 1.29 is 9.53 Å². The van der Waals surface area contributed by atoms with Crippen LogP contribution in [0.25, 0.3) is 10.9 Å². The van der Waals surface area contributed by atoms with Gasteiger partial charge in [0.1, 0.15) is 5.69 Å². The predicted octanol–water partition coefficient (Wildman–Crippen LogP) is 0.757. The molecular formula is C12H15N3O3. The van der Waals surface area contributed by atoms with Crippen LogP contribution in [0.4, 0.5) is 0 Å². The number of aromatic nitrogens is 3. The molecule has 6 nitrogen and oxygen atoms in total. The number of ether oxygens (including phenoxy) is 1. The van der Waals surface area contributed by atoms with E-state index in [0.29, 0.717) is 28.8 Å². The van der Waals surface area contributed by atoms with Crippen LogP contribution in [-0.2, 0) is 18.8 Å². The number of carbonyl (C=O) groups is 1. The van der Waals surface area contributed by atoms with E-state index in [9.17, 15) is 9.59 Å².